The molecule has 0 atom stereocenters. The van der Waals surface area contributed by atoms with E-state index in [1.54, 1.807) is 12.4 Å². The van der Waals surface area contributed by atoms with Crippen LogP contribution in [-0.4, -0.2) is 39.5 Å². The number of fused-ring (bicyclic) bond motifs is 1. The summed E-state index contributed by atoms with van der Waals surface area (Å²) in [6.45, 7) is 4.79. The van der Waals surface area contributed by atoms with Crippen molar-refractivity contribution in [3.05, 3.63) is 76.0 Å². The third-order valence-corrected chi connectivity index (χ3v) is 5.92. The van der Waals surface area contributed by atoms with Crippen molar-refractivity contribution in [2.75, 3.05) is 24.5 Å². The molecule has 0 spiro atoms. The summed E-state index contributed by atoms with van der Waals surface area (Å²) < 4.78 is 0. The molecule has 4 heterocycles. The molecule has 1 saturated heterocycles. The first-order valence-corrected chi connectivity index (χ1v) is 10.3. The van der Waals surface area contributed by atoms with Crippen LogP contribution in [0.3, 0.4) is 0 Å². The number of nitrogens with zero attached hydrogens (tertiary/aromatic N) is 4. The standard InChI is InChI=1S/C23H25N5O/c29-23-20-9-14-27(15-17-3-5-19(6-4-17)28-12-1-2-13-28)16-21(20)25-22(26-23)18-7-10-24-11-8-18/h3-8,10-11H,1-2,9,12-16H2,(H,25,26,29). The molecule has 0 radical (unpaired) electrons. The summed E-state index contributed by atoms with van der Waals surface area (Å²) in [4.78, 5) is 29.1. The Morgan fingerprint density at radius 3 is 2.48 bits per heavy atom. The smallest absolute Gasteiger partial charge is 0.254 e. The molecular weight excluding hydrogens is 362 g/mol. The lowest BCUT2D eigenvalue weighted by molar-refractivity contribution is 0.240. The van der Waals surface area contributed by atoms with Gasteiger partial charge in [0, 0.05) is 61.9 Å². The monoisotopic (exact) mass is 387 g/mol. The Balaban J connectivity index is 1.32. The lowest BCUT2D eigenvalue weighted by Crippen LogP contribution is -2.35. The van der Waals surface area contributed by atoms with Gasteiger partial charge in [0.1, 0.15) is 5.82 Å². The number of pyridine rings is 1. The molecule has 1 aromatic carbocycles. The van der Waals surface area contributed by atoms with Crippen LogP contribution >= 0.6 is 0 Å². The van der Waals surface area contributed by atoms with E-state index in [2.05, 4.69) is 44.0 Å². The average molecular weight is 387 g/mol. The van der Waals surface area contributed by atoms with Gasteiger partial charge in [-0.25, -0.2) is 4.98 Å². The van der Waals surface area contributed by atoms with Gasteiger partial charge in [0.25, 0.3) is 5.56 Å². The Labute approximate surface area is 170 Å². The lowest BCUT2D eigenvalue weighted by atomic mass is 10.0. The Kier molecular flexibility index (Phi) is 4.86. The van der Waals surface area contributed by atoms with E-state index in [-0.39, 0.29) is 5.56 Å². The summed E-state index contributed by atoms with van der Waals surface area (Å²) in [6.07, 6.45) is 6.75. The maximum Gasteiger partial charge on any atom is 0.254 e. The number of H-pyrrole nitrogens is 1. The van der Waals surface area contributed by atoms with Crippen molar-refractivity contribution >= 4 is 5.69 Å². The number of hydrogen-bond donors (Lipinski definition) is 1. The summed E-state index contributed by atoms with van der Waals surface area (Å²) in [6, 6.07) is 12.7. The minimum atomic E-state index is -0.0172. The minimum absolute atomic E-state index is 0.0172. The molecular formula is C23H25N5O. The molecule has 2 aliphatic rings. The summed E-state index contributed by atoms with van der Waals surface area (Å²) in [5.41, 5.74) is 5.20. The summed E-state index contributed by atoms with van der Waals surface area (Å²) >= 11 is 0. The second-order valence-electron chi connectivity index (χ2n) is 7.90. The molecule has 1 N–H and O–H groups in total. The van der Waals surface area contributed by atoms with Crippen LogP contribution in [0.4, 0.5) is 5.69 Å². The van der Waals surface area contributed by atoms with Crippen LogP contribution in [-0.2, 0) is 19.5 Å². The predicted octanol–water partition coefficient (Wildman–Crippen LogP) is 2.99. The molecule has 0 unspecified atom stereocenters. The van der Waals surface area contributed by atoms with E-state index in [0.29, 0.717) is 12.4 Å². The van der Waals surface area contributed by atoms with E-state index in [9.17, 15) is 4.79 Å². The number of nitrogens with one attached hydrogen (secondary N) is 1. The van der Waals surface area contributed by atoms with E-state index in [4.69, 9.17) is 4.98 Å². The molecule has 0 saturated carbocycles. The predicted molar refractivity (Wildman–Crippen MR) is 114 cm³/mol. The maximum atomic E-state index is 12.6. The van der Waals surface area contributed by atoms with Gasteiger partial charge < -0.3 is 9.88 Å². The summed E-state index contributed by atoms with van der Waals surface area (Å²) in [5, 5.41) is 0. The first-order valence-electron chi connectivity index (χ1n) is 10.3. The molecule has 6 heteroatoms. The van der Waals surface area contributed by atoms with Crippen molar-refractivity contribution in [1.29, 1.82) is 0 Å². The Hall–Kier alpha value is -2.99. The largest absolute Gasteiger partial charge is 0.372 e. The first kappa shape index (κ1) is 18.1. The van der Waals surface area contributed by atoms with E-state index in [0.717, 1.165) is 36.3 Å². The molecule has 6 nitrogen and oxygen atoms in total. The third-order valence-electron chi connectivity index (χ3n) is 5.92. The van der Waals surface area contributed by atoms with E-state index in [1.165, 1.54) is 37.2 Å². The van der Waals surface area contributed by atoms with Crippen LogP contribution in [0.5, 0.6) is 0 Å². The molecule has 1 fully saturated rings. The van der Waals surface area contributed by atoms with E-state index < -0.39 is 0 Å². The van der Waals surface area contributed by atoms with Gasteiger partial charge in [-0.3, -0.25) is 14.7 Å². The van der Waals surface area contributed by atoms with Crippen molar-refractivity contribution < 1.29 is 0 Å². The van der Waals surface area contributed by atoms with Gasteiger partial charge in [-0.05, 0) is 49.1 Å². The molecule has 3 aromatic rings. The number of hydrogen-bond acceptors (Lipinski definition) is 5. The highest BCUT2D eigenvalue weighted by Gasteiger charge is 2.21. The number of aromatic amines is 1. The number of anilines is 1. The Morgan fingerprint density at radius 2 is 1.72 bits per heavy atom. The molecule has 5 rings (SSSR count). The highest BCUT2D eigenvalue weighted by Crippen LogP contribution is 2.23. The van der Waals surface area contributed by atoms with E-state index >= 15 is 0 Å². The molecule has 0 aliphatic carbocycles. The summed E-state index contributed by atoms with van der Waals surface area (Å²) in [7, 11) is 0. The van der Waals surface area contributed by atoms with Crippen molar-refractivity contribution in [2.24, 2.45) is 0 Å². The van der Waals surface area contributed by atoms with Crippen LogP contribution < -0.4 is 10.5 Å². The first-order chi connectivity index (χ1) is 14.3. The van der Waals surface area contributed by atoms with Gasteiger partial charge >= 0.3 is 0 Å². The molecule has 29 heavy (non-hydrogen) atoms. The minimum Gasteiger partial charge on any atom is -0.372 e. The van der Waals surface area contributed by atoms with Gasteiger partial charge in [0.2, 0.25) is 0 Å². The topological polar surface area (TPSA) is 65.1 Å². The Morgan fingerprint density at radius 1 is 0.966 bits per heavy atom. The van der Waals surface area contributed by atoms with E-state index in [1.807, 2.05) is 12.1 Å². The Bertz CT molecular complexity index is 1040. The highest BCUT2D eigenvalue weighted by molar-refractivity contribution is 5.54. The van der Waals surface area contributed by atoms with Gasteiger partial charge in [-0.15, -0.1) is 0 Å². The fourth-order valence-corrected chi connectivity index (χ4v) is 4.32. The zero-order valence-corrected chi connectivity index (χ0v) is 16.5. The molecule has 2 aliphatic heterocycles. The fourth-order valence-electron chi connectivity index (χ4n) is 4.32. The lowest BCUT2D eigenvalue weighted by Gasteiger charge is -2.28. The molecule has 0 bridgehead atoms. The normalized spacial score (nSPS) is 16.8. The van der Waals surface area contributed by atoms with Gasteiger partial charge in [-0.1, -0.05) is 12.1 Å². The maximum absolute atomic E-state index is 12.6. The van der Waals surface area contributed by atoms with Crippen molar-refractivity contribution in [1.82, 2.24) is 19.9 Å². The second kappa shape index (κ2) is 7.79. The van der Waals surface area contributed by atoms with Crippen molar-refractivity contribution in [3.8, 4) is 11.4 Å². The van der Waals surface area contributed by atoms with Gasteiger partial charge in [-0.2, -0.15) is 0 Å². The fraction of sp³-hybridized carbons (Fsp3) is 0.348. The number of aromatic nitrogens is 3. The number of benzene rings is 1. The highest BCUT2D eigenvalue weighted by atomic mass is 16.1. The molecule has 0 amide bonds. The average Bonchev–Trinajstić information content (AvgIpc) is 3.30. The third kappa shape index (κ3) is 3.80. The van der Waals surface area contributed by atoms with Crippen LogP contribution in [0.15, 0.2) is 53.6 Å². The van der Waals surface area contributed by atoms with Crippen LogP contribution in [0.1, 0.15) is 29.7 Å². The van der Waals surface area contributed by atoms with Crippen LogP contribution in [0.25, 0.3) is 11.4 Å². The van der Waals surface area contributed by atoms with Gasteiger partial charge in [0.15, 0.2) is 0 Å². The van der Waals surface area contributed by atoms with Crippen LogP contribution in [0, 0.1) is 0 Å². The zero-order chi connectivity index (χ0) is 19.6. The zero-order valence-electron chi connectivity index (χ0n) is 16.5. The van der Waals surface area contributed by atoms with Crippen molar-refractivity contribution in [2.45, 2.75) is 32.4 Å². The molecule has 148 valence electrons. The summed E-state index contributed by atoms with van der Waals surface area (Å²) in [5.74, 6) is 0.618. The number of rotatable bonds is 4. The van der Waals surface area contributed by atoms with Crippen molar-refractivity contribution in [3.63, 3.8) is 0 Å². The van der Waals surface area contributed by atoms with Crippen LogP contribution in [0.2, 0.25) is 0 Å². The van der Waals surface area contributed by atoms with Gasteiger partial charge in [0.05, 0.1) is 5.69 Å². The SMILES string of the molecule is O=c1[nH]c(-c2ccncc2)nc2c1CCN(Cc1ccc(N3CCCC3)cc1)C2. The quantitative estimate of drug-likeness (QED) is 0.746. The molecule has 2 aromatic heterocycles. The second-order valence-corrected chi connectivity index (χ2v) is 7.90.